The number of alkyl halides is 3. The van der Waals surface area contributed by atoms with Gasteiger partial charge in [0.2, 0.25) is 21.8 Å². The Morgan fingerprint density at radius 1 is 1.12 bits per heavy atom. The Morgan fingerprint density at radius 3 is 2.30 bits per heavy atom. The minimum Gasteiger partial charge on any atom is -0.357 e. The highest BCUT2D eigenvalue weighted by Crippen LogP contribution is 2.32. The van der Waals surface area contributed by atoms with Gasteiger partial charge in [0.1, 0.15) is 12.6 Å². The van der Waals surface area contributed by atoms with Gasteiger partial charge in [-0.15, -0.1) is 0 Å². The molecule has 12 heteroatoms. The summed E-state index contributed by atoms with van der Waals surface area (Å²) < 4.78 is 65.5. The predicted molar refractivity (Wildman–Crippen MR) is 122 cm³/mol. The molecule has 7 nitrogen and oxygen atoms in total. The zero-order valence-electron chi connectivity index (χ0n) is 18.1. The van der Waals surface area contributed by atoms with Gasteiger partial charge in [0.05, 0.1) is 17.5 Å². The van der Waals surface area contributed by atoms with Gasteiger partial charge in [-0.05, 0) is 42.8 Å². The lowest BCUT2D eigenvalue weighted by Gasteiger charge is -2.31. The molecule has 0 saturated carbocycles. The van der Waals surface area contributed by atoms with Crippen LogP contribution in [0.1, 0.15) is 18.1 Å². The summed E-state index contributed by atoms with van der Waals surface area (Å²) in [5.74, 6) is -1.24. The number of hydrogen-bond donors (Lipinski definition) is 1. The van der Waals surface area contributed by atoms with E-state index in [-0.39, 0.29) is 12.2 Å². The second-order valence-corrected chi connectivity index (χ2v) is 10.1. The highest BCUT2D eigenvalue weighted by Gasteiger charge is 2.33. The third-order valence-electron chi connectivity index (χ3n) is 4.80. The van der Waals surface area contributed by atoms with E-state index in [4.69, 9.17) is 0 Å². The van der Waals surface area contributed by atoms with Crippen molar-refractivity contribution >= 4 is 43.5 Å². The van der Waals surface area contributed by atoms with Crippen molar-refractivity contribution < 1.29 is 31.2 Å². The Bertz CT molecular complexity index is 1130. The molecule has 1 atom stereocenters. The van der Waals surface area contributed by atoms with E-state index in [0.717, 1.165) is 22.9 Å². The third kappa shape index (κ3) is 7.19. The zero-order valence-corrected chi connectivity index (χ0v) is 20.5. The Balaban J connectivity index is 2.43. The van der Waals surface area contributed by atoms with Crippen molar-refractivity contribution in [2.24, 2.45) is 0 Å². The highest BCUT2D eigenvalue weighted by molar-refractivity contribution is 9.10. The second-order valence-electron chi connectivity index (χ2n) is 7.26. The molecule has 0 aliphatic carbocycles. The summed E-state index contributed by atoms with van der Waals surface area (Å²) in [4.78, 5) is 26.6. The zero-order chi connectivity index (χ0) is 25.0. The molecule has 0 heterocycles. The van der Waals surface area contributed by atoms with E-state index in [1.54, 1.807) is 24.3 Å². The molecule has 2 aromatic rings. The van der Waals surface area contributed by atoms with E-state index in [0.29, 0.717) is 15.9 Å². The van der Waals surface area contributed by atoms with Crippen molar-refractivity contribution in [2.75, 3.05) is 24.2 Å². The number of amides is 2. The summed E-state index contributed by atoms with van der Waals surface area (Å²) >= 11 is 3.33. The second kappa shape index (κ2) is 10.6. The number of carbonyl (C=O) groups is 2. The van der Waals surface area contributed by atoms with Crippen molar-refractivity contribution in [3.8, 4) is 0 Å². The Labute approximate surface area is 198 Å². The molecule has 0 aliphatic heterocycles. The van der Waals surface area contributed by atoms with Gasteiger partial charge in [-0.25, -0.2) is 8.42 Å². The Morgan fingerprint density at radius 2 is 1.76 bits per heavy atom. The first kappa shape index (κ1) is 26.7. The average molecular weight is 550 g/mol. The first-order valence-electron chi connectivity index (χ1n) is 9.64. The van der Waals surface area contributed by atoms with Crippen LogP contribution < -0.4 is 9.62 Å². The van der Waals surface area contributed by atoms with Gasteiger partial charge in [-0.3, -0.25) is 13.9 Å². The topological polar surface area (TPSA) is 86.8 Å². The number of likely N-dealkylation sites (N-methyl/N-ethyl adjacent to an activating group) is 1. The van der Waals surface area contributed by atoms with Crippen molar-refractivity contribution in [2.45, 2.75) is 25.7 Å². The van der Waals surface area contributed by atoms with Crippen molar-refractivity contribution in [3.05, 3.63) is 64.1 Å². The van der Waals surface area contributed by atoms with Crippen LogP contribution in [0.25, 0.3) is 0 Å². The lowest BCUT2D eigenvalue weighted by molar-refractivity contribution is -0.139. The van der Waals surface area contributed by atoms with E-state index in [9.17, 15) is 31.2 Å². The molecule has 0 unspecified atom stereocenters. The summed E-state index contributed by atoms with van der Waals surface area (Å²) in [5.41, 5.74) is -0.694. The van der Waals surface area contributed by atoms with E-state index in [1.807, 2.05) is 0 Å². The fourth-order valence-electron chi connectivity index (χ4n) is 3.07. The van der Waals surface area contributed by atoms with Gasteiger partial charge in [-0.1, -0.05) is 34.1 Å². The van der Waals surface area contributed by atoms with Crippen LogP contribution in [0.2, 0.25) is 0 Å². The Hall–Kier alpha value is -2.60. The molecule has 0 aliphatic rings. The fraction of sp³-hybridized carbons (Fsp3) is 0.333. The summed E-state index contributed by atoms with van der Waals surface area (Å²) in [6, 6.07) is 9.70. The third-order valence-corrected chi connectivity index (χ3v) is 6.43. The molecule has 0 aromatic heterocycles. The van der Waals surface area contributed by atoms with Crippen LogP contribution in [0, 0.1) is 0 Å². The first-order valence-corrected chi connectivity index (χ1v) is 12.3. The van der Waals surface area contributed by atoms with Crippen LogP contribution in [0.3, 0.4) is 0 Å². The van der Waals surface area contributed by atoms with Crippen LogP contribution in [-0.2, 0) is 32.3 Å². The van der Waals surface area contributed by atoms with Crippen molar-refractivity contribution in [1.82, 2.24) is 10.2 Å². The van der Waals surface area contributed by atoms with Crippen LogP contribution in [0.4, 0.5) is 18.9 Å². The molecule has 2 amide bonds. The minimum atomic E-state index is -4.69. The molecule has 0 spiro atoms. The number of anilines is 1. The maximum atomic E-state index is 13.2. The highest BCUT2D eigenvalue weighted by atomic mass is 79.9. The molecule has 180 valence electrons. The normalized spacial score (nSPS) is 12.7. The molecule has 0 bridgehead atoms. The van der Waals surface area contributed by atoms with Crippen LogP contribution in [0.5, 0.6) is 0 Å². The van der Waals surface area contributed by atoms with Crippen LogP contribution in [-0.4, -0.2) is 51.0 Å². The fourth-order valence-corrected chi connectivity index (χ4v) is 4.36. The van der Waals surface area contributed by atoms with Crippen molar-refractivity contribution in [1.29, 1.82) is 0 Å². The van der Waals surface area contributed by atoms with Crippen LogP contribution >= 0.6 is 15.9 Å². The van der Waals surface area contributed by atoms with Gasteiger partial charge >= 0.3 is 6.18 Å². The van der Waals surface area contributed by atoms with Crippen LogP contribution in [0.15, 0.2) is 53.0 Å². The van der Waals surface area contributed by atoms with Gasteiger partial charge < -0.3 is 10.2 Å². The number of nitrogens with one attached hydrogen (secondary N) is 1. The minimum absolute atomic E-state index is 0.0208. The van der Waals surface area contributed by atoms with E-state index >= 15 is 0 Å². The summed E-state index contributed by atoms with van der Waals surface area (Å²) in [6.45, 7) is 0.673. The average Bonchev–Trinajstić information content (AvgIpc) is 2.73. The number of hydrogen-bond acceptors (Lipinski definition) is 4. The number of sulfonamides is 1. The number of benzene rings is 2. The molecule has 2 rings (SSSR count). The van der Waals surface area contributed by atoms with Gasteiger partial charge in [-0.2, -0.15) is 13.2 Å². The lowest BCUT2D eigenvalue weighted by atomic mass is 10.1. The molecular weight excluding hydrogens is 527 g/mol. The van der Waals surface area contributed by atoms with Crippen molar-refractivity contribution in [3.63, 3.8) is 0 Å². The smallest absolute Gasteiger partial charge is 0.357 e. The van der Waals surface area contributed by atoms with Gasteiger partial charge in [0, 0.05) is 18.1 Å². The predicted octanol–water partition coefficient (Wildman–Crippen LogP) is 3.40. The van der Waals surface area contributed by atoms with E-state index in [2.05, 4.69) is 21.2 Å². The maximum absolute atomic E-state index is 13.2. The van der Waals surface area contributed by atoms with Gasteiger partial charge in [0.15, 0.2) is 0 Å². The number of rotatable bonds is 8. The molecule has 1 N–H and O–H groups in total. The lowest BCUT2D eigenvalue weighted by Crippen LogP contribution is -2.50. The molecule has 0 radical (unpaired) electrons. The molecule has 0 fully saturated rings. The van der Waals surface area contributed by atoms with E-state index < -0.39 is 46.2 Å². The van der Waals surface area contributed by atoms with E-state index in [1.165, 1.54) is 24.9 Å². The summed E-state index contributed by atoms with van der Waals surface area (Å²) in [5, 5.41) is 2.44. The number of nitrogens with zero attached hydrogens (tertiary/aromatic N) is 2. The monoisotopic (exact) mass is 549 g/mol. The molecule has 33 heavy (non-hydrogen) atoms. The number of halogens is 4. The standard InChI is InChI=1S/C21H23BrF3N3O4S/c1-14(20(30)26-2)27(12-15-6-4-8-17(22)10-15)19(29)13-28(33(3,31)32)18-9-5-7-16(11-18)21(23,24)25/h4-11,14H,12-13H2,1-3H3,(H,26,30)/t14-/m1/s1. The largest absolute Gasteiger partial charge is 0.416 e. The molecule has 0 saturated heterocycles. The SMILES string of the molecule is CNC(=O)[C@@H](C)N(Cc1cccc(Br)c1)C(=O)CN(c1cccc(C(F)(F)F)c1)S(C)(=O)=O. The first-order chi connectivity index (χ1) is 15.2. The van der Waals surface area contributed by atoms with Gasteiger partial charge in [0.25, 0.3) is 0 Å². The quantitative estimate of drug-likeness (QED) is 0.546. The maximum Gasteiger partial charge on any atom is 0.416 e. The summed E-state index contributed by atoms with van der Waals surface area (Å²) in [6.07, 6.45) is -3.90. The molecular formula is C21H23BrF3N3O4S. The summed E-state index contributed by atoms with van der Waals surface area (Å²) in [7, 11) is -2.73. The number of carbonyl (C=O) groups excluding carboxylic acids is 2. The molecule has 2 aromatic carbocycles. The Kier molecular flexibility index (Phi) is 8.52.